The Morgan fingerprint density at radius 1 is 0.405 bits per heavy atom. The van der Waals surface area contributed by atoms with Crippen LogP contribution in [0.3, 0.4) is 0 Å². The Hall–Kier alpha value is 1.71. The van der Waals surface area contributed by atoms with Gasteiger partial charge in [0.2, 0.25) is 6.48 Å². The average Bonchev–Trinajstić information content (AvgIpc) is 2.63. The molecule has 224 valence electrons. The summed E-state index contributed by atoms with van der Waals surface area (Å²) in [4.78, 5) is 0. The molecule has 0 heterocycles. The number of hydrogen-bond donors (Lipinski definition) is 0. The Bertz CT molecular complexity index is 546. The summed E-state index contributed by atoms with van der Waals surface area (Å²) in [5.41, 5.74) is 0. The lowest BCUT2D eigenvalue weighted by molar-refractivity contribution is -0.159. The van der Waals surface area contributed by atoms with E-state index < -0.39 is 85.7 Å². The lowest BCUT2D eigenvalue weighted by Crippen LogP contribution is -2.48. The van der Waals surface area contributed by atoms with Crippen molar-refractivity contribution in [2.24, 2.45) is 0 Å². The summed E-state index contributed by atoms with van der Waals surface area (Å²) < 4.78 is 39.0. The summed E-state index contributed by atoms with van der Waals surface area (Å²) in [5, 5.41) is 0. The van der Waals surface area contributed by atoms with Gasteiger partial charge in [-0.1, -0.05) is 0 Å². The Morgan fingerprint density at radius 2 is 0.622 bits per heavy atom. The maximum atomic E-state index is 6.78. The minimum atomic E-state index is -1.94. The molecule has 0 bridgehead atoms. The van der Waals surface area contributed by atoms with Crippen LogP contribution in [0.15, 0.2) is 0 Å². The van der Waals surface area contributed by atoms with Crippen LogP contribution in [0.5, 0.6) is 0 Å². The molecule has 0 fully saturated rings. The van der Waals surface area contributed by atoms with Gasteiger partial charge >= 0.3 is 0 Å². The maximum Gasteiger partial charge on any atom is 0.243 e. The van der Waals surface area contributed by atoms with Crippen molar-refractivity contribution >= 4 is 79.2 Å². The van der Waals surface area contributed by atoms with E-state index in [-0.39, 0.29) is 0 Å². The van der Waals surface area contributed by atoms with Crippen LogP contribution in [0, 0.1) is 0 Å². The highest BCUT2D eigenvalue weighted by molar-refractivity contribution is 6.77. The van der Waals surface area contributed by atoms with Gasteiger partial charge in [-0.25, -0.2) is 0 Å². The SMILES string of the molecule is C[Si](C)(C)O[SiH2]CC[Si](C)(C)OC(O[Si](C)(C)CC[SiH2]O[Si](C)(C)C)O[Si](C)(C)CC[SiH2]O[Si](C)(C)C. The van der Waals surface area contributed by atoms with Crippen LogP contribution in [-0.4, -0.2) is 85.7 Å². The molecule has 0 saturated heterocycles. The van der Waals surface area contributed by atoms with E-state index >= 15 is 0 Å². The monoisotopic (exact) mass is 676 g/mol. The zero-order valence-electron chi connectivity index (χ0n) is 27.4. The van der Waals surface area contributed by atoms with Crippen molar-refractivity contribution in [1.82, 2.24) is 0 Å². The van der Waals surface area contributed by atoms with Gasteiger partial charge in [0.05, 0.1) is 0 Å². The molecule has 0 aliphatic rings. The molecule has 0 saturated carbocycles. The molecule has 0 atom stereocenters. The quantitative estimate of drug-likeness (QED) is 0.0846. The molecule has 6 nitrogen and oxygen atoms in total. The zero-order chi connectivity index (χ0) is 29.2. The van der Waals surface area contributed by atoms with E-state index in [4.69, 9.17) is 25.6 Å². The van der Waals surface area contributed by atoms with Crippen molar-refractivity contribution < 1.29 is 25.6 Å². The summed E-state index contributed by atoms with van der Waals surface area (Å²) in [6, 6.07) is 6.88. The molecule has 37 heavy (non-hydrogen) atoms. The van der Waals surface area contributed by atoms with Crippen LogP contribution in [-0.2, 0) is 25.6 Å². The van der Waals surface area contributed by atoms with E-state index in [0.717, 1.165) is 18.1 Å². The van der Waals surface area contributed by atoms with E-state index in [1.807, 2.05) is 0 Å². The molecule has 0 aromatic heterocycles. The second kappa shape index (κ2) is 16.4. The molecule has 0 aromatic rings. The standard InChI is InChI=1S/C22H64O6Si9/c1-32(2,3)26-29-16-19-35(10,11)23-22(24-36(12,13)20-17-30-27-33(4,5)6)25-37(14,15)21-18-31-28-34(7,8)9/h22H,16-21,29-31H2,1-15H3. The summed E-state index contributed by atoms with van der Waals surface area (Å²) in [6.45, 7) is 34.0. The number of rotatable bonds is 21. The van der Waals surface area contributed by atoms with E-state index in [0.29, 0.717) is 0 Å². The van der Waals surface area contributed by atoms with Crippen molar-refractivity contribution in [1.29, 1.82) is 0 Å². The fourth-order valence-corrected chi connectivity index (χ4v) is 27.2. The first-order valence-corrected chi connectivity index (χ1v) is 38.7. The van der Waals surface area contributed by atoms with Crippen LogP contribution in [0.25, 0.3) is 0 Å². The highest BCUT2D eigenvalue weighted by Crippen LogP contribution is 2.27. The predicted octanol–water partition coefficient (Wildman–Crippen LogP) is 6.00. The summed E-state index contributed by atoms with van der Waals surface area (Å²) in [6.07, 6.45) is 0. The smallest absolute Gasteiger partial charge is 0.243 e. The minimum Gasteiger partial charge on any atom is -0.461 e. The topological polar surface area (TPSA) is 55.4 Å². The lowest BCUT2D eigenvalue weighted by atomic mass is 10.9. The van der Waals surface area contributed by atoms with Gasteiger partial charge in [0.15, 0.2) is 49.9 Å². The van der Waals surface area contributed by atoms with E-state index in [1.165, 1.54) is 18.1 Å². The summed E-state index contributed by atoms with van der Waals surface area (Å²) >= 11 is 0. The Labute approximate surface area is 244 Å². The van der Waals surface area contributed by atoms with E-state index in [2.05, 4.69) is 98.2 Å². The van der Waals surface area contributed by atoms with Gasteiger partial charge in [-0.15, -0.1) is 0 Å². The highest BCUT2D eigenvalue weighted by Gasteiger charge is 2.37. The largest absolute Gasteiger partial charge is 0.461 e. The molecular formula is C22H64O6Si9. The third-order valence-electron chi connectivity index (χ3n) is 5.62. The Morgan fingerprint density at radius 3 is 0.811 bits per heavy atom. The summed E-state index contributed by atoms with van der Waals surface area (Å²) in [5.74, 6) is 0. The van der Waals surface area contributed by atoms with Crippen LogP contribution >= 0.6 is 0 Å². The Kier molecular flexibility index (Phi) is 17.1. The minimum absolute atomic E-state index is 0.485. The third-order valence-corrected chi connectivity index (χ3v) is 29.7. The van der Waals surface area contributed by atoms with Gasteiger partial charge in [0.1, 0.15) is 29.3 Å². The van der Waals surface area contributed by atoms with Crippen LogP contribution in [0.4, 0.5) is 0 Å². The number of hydrogen-bond acceptors (Lipinski definition) is 6. The normalized spacial score (nSPS) is 16.3. The van der Waals surface area contributed by atoms with Gasteiger partial charge in [0.25, 0.3) is 0 Å². The van der Waals surface area contributed by atoms with Crippen molar-refractivity contribution in [3.05, 3.63) is 0 Å². The van der Waals surface area contributed by atoms with Gasteiger partial charge < -0.3 is 25.6 Å². The molecule has 15 heteroatoms. The van der Waals surface area contributed by atoms with Crippen molar-refractivity contribution in [2.45, 2.75) is 141 Å². The summed E-state index contributed by atoms with van der Waals surface area (Å²) in [7, 11) is -11.5. The molecule has 0 N–H and O–H groups in total. The van der Waals surface area contributed by atoms with E-state index in [1.54, 1.807) is 0 Å². The van der Waals surface area contributed by atoms with Gasteiger partial charge in [0, 0.05) is 0 Å². The molecular weight excluding hydrogens is 613 g/mol. The van der Waals surface area contributed by atoms with Crippen LogP contribution in [0.1, 0.15) is 0 Å². The third kappa shape index (κ3) is 25.2. The molecule has 0 aromatic carbocycles. The van der Waals surface area contributed by atoms with Gasteiger partial charge in [-0.2, -0.15) is 0 Å². The van der Waals surface area contributed by atoms with Gasteiger partial charge in [-0.3, -0.25) is 0 Å². The second-order valence-corrected chi connectivity index (χ2v) is 47.4. The fourth-order valence-electron chi connectivity index (χ4n) is 3.66. The van der Waals surface area contributed by atoms with Crippen molar-refractivity contribution in [3.63, 3.8) is 0 Å². The van der Waals surface area contributed by atoms with Crippen LogP contribution < -0.4 is 0 Å². The molecule has 0 radical (unpaired) electrons. The molecule has 0 rings (SSSR count). The molecule has 0 amide bonds. The highest BCUT2D eigenvalue weighted by atomic mass is 28.4. The average molecular weight is 678 g/mol. The first-order valence-electron chi connectivity index (χ1n) is 14.4. The lowest BCUT2D eigenvalue weighted by Gasteiger charge is -2.38. The second-order valence-electron chi connectivity index (χ2n) is 15.1. The van der Waals surface area contributed by atoms with Gasteiger partial charge in [-0.05, 0) is 134 Å². The molecule has 0 aliphatic heterocycles. The van der Waals surface area contributed by atoms with Crippen molar-refractivity contribution in [3.8, 4) is 0 Å². The van der Waals surface area contributed by atoms with Crippen LogP contribution in [0.2, 0.25) is 134 Å². The van der Waals surface area contributed by atoms with E-state index in [9.17, 15) is 0 Å². The molecule has 0 aliphatic carbocycles. The fraction of sp³-hybridized carbons (Fsp3) is 1.00. The predicted molar refractivity (Wildman–Crippen MR) is 187 cm³/mol. The maximum absolute atomic E-state index is 6.78. The molecule has 0 spiro atoms. The van der Waals surface area contributed by atoms with Crippen molar-refractivity contribution in [2.75, 3.05) is 0 Å². The molecule has 0 unspecified atom stereocenters. The zero-order valence-corrected chi connectivity index (χ0v) is 37.6. The first-order chi connectivity index (χ1) is 16.4. The first kappa shape index (κ1) is 38.7. The Balaban J connectivity index is 5.20.